The summed E-state index contributed by atoms with van der Waals surface area (Å²) in [5.74, 6) is -0.227. The van der Waals surface area contributed by atoms with E-state index >= 15 is 0 Å². The van der Waals surface area contributed by atoms with Gasteiger partial charge >= 0.3 is 5.97 Å². The second-order valence-corrected chi connectivity index (χ2v) is 3.86. The number of methoxy groups -OCH3 is 2. The zero-order valence-corrected chi connectivity index (χ0v) is 10.2. The summed E-state index contributed by atoms with van der Waals surface area (Å²) in [5.41, 5.74) is 6.58. The third-order valence-electron chi connectivity index (χ3n) is 2.34. The molecule has 0 aliphatic carbocycles. The standard InChI is InChI=1S/C12H17NO4/c1-7(13)4-8-5-9(12(15)17-3)6-10(16-2)11(8)14/h5-7,14H,4,13H2,1-3H3. The topological polar surface area (TPSA) is 81.8 Å². The molecule has 1 rings (SSSR count). The van der Waals surface area contributed by atoms with Gasteiger partial charge < -0.3 is 20.3 Å². The number of ether oxygens (including phenoxy) is 2. The van der Waals surface area contributed by atoms with Crippen molar-refractivity contribution in [3.8, 4) is 11.5 Å². The summed E-state index contributed by atoms with van der Waals surface area (Å²) >= 11 is 0. The smallest absolute Gasteiger partial charge is 0.337 e. The third-order valence-corrected chi connectivity index (χ3v) is 2.34. The van der Waals surface area contributed by atoms with E-state index in [1.54, 1.807) is 6.07 Å². The van der Waals surface area contributed by atoms with Crippen molar-refractivity contribution in [2.75, 3.05) is 14.2 Å². The normalized spacial score (nSPS) is 12.0. The lowest BCUT2D eigenvalue weighted by molar-refractivity contribution is 0.0600. The number of carbonyl (C=O) groups excluding carboxylic acids is 1. The van der Waals surface area contributed by atoms with Gasteiger partial charge in [0.2, 0.25) is 0 Å². The van der Waals surface area contributed by atoms with Crippen molar-refractivity contribution in [1.82, 2.24) is 0 Å². The molecule has 5 nitrogen and oxygen atoms in total. The van der Waals surface area contributed by atoms with Crippen LogP contribution in [-0.2, 0) is 11.2 Å². The molecule has 0 spiro atoms. The number of carbonyl (C=O) groups is 1. The largest absolute Gasteiger partial charge is 0.504 e. The number of hydrogen-bond acceptors (Lipinski definition) is 5. The summed E-state index contributed by atoms with van der Waals surface area (Å²) in [7, 11) is 2.72. The zero-order chi connectivity index (χ0) is 13.0. The maximum absolute atomic E-state index is 11.4. The van der Waals surface area contributed by atoms with Crippen LogP contribution in [0.5, 0.6) is 11.5 Å². The van der Waals surface area contributed by atoms with Gasteiger partial charge in [-0.05, 0) is 25.5 Å². The molecule has 17 heavy (non-hydrogen) atoms. The van der Waals surface area contributed by atoms with Crippen LogP contribution in [0.3, 0.4) is 0 Å². The van der Waals surface area contributed by atoms with E-state index in [1.807, 2.05) is 6.92 Å². The van der Waals surface area contributed by atoms with Crippen LogP contribution in [0.2, 0.25) is 0 Å². The molecule has 0 aromatic heterocycles. The predicted octanol–water partition coefficient (Wildman–Crippen LogP) is 1.08. The first kappa shape index (κ1) is 13.3. The molecule has 0 saturated heterocycles. The quantitative estimate of drug-likeness (QED) is 0.768. The van der Waals surface area contributed by atoms with Gasteiger partial charge in [0.05, 0.1) is 19.8 Å². The Kier molecular flexibility index (Phi) is 4.34. The SMILES string of the molecule is COC(=O)c1cc(CC(C)N)c(O)c(OC)c1. The first-order valence-corrected chi connectivity index (χ1v) is 5.23. The van der Waals surface area contributed by atoms with Crippen molar-refractivity contribution in [3.63, 3.8) is 0 Å². The highest BCUT2D eigenvalue weighted by Gasteiger charge is 2.15. The van der Waals surface area contributed by atoms with Crippen LogP contribution in [-0.4, -0.2) is 31.3 Å². The Bertz CT molecular complexity index is 415. The highest BCUT2D eigenvalue weighted by atomic mass is 16.5. The van der Waals surface area contributed by atoms with Gasteiger partial charge in [0, 0.05) is 11.6 Å². The molecule has 0 aliphatic rings. The van der Waals surface area contributed by atoms with E-state index in [1.165, 1.54) is 20.3 Å². The summed E-state index contributed by atoms with van der Waals surface area (Å²) in [6.45, 7) is 1.82. The lowest BCUT2D eigenvalue weighted by Gasteiger charge is -2.12. The lowest BCUT2D eigenvalue weighted by Crippen LogP contribution is -2.18. The molecule has 3 N–H and O–H groups in total. The fourth-order valence-corrected chi connectivity index (χ4v) is 1.56. The molecule has 1 aromatic carbocycles. The number of phenolic OH excluding ortho intramolecular Hbond substituents is 1. The van der Waals surface area contributed by atoms with Crippen LogP contribution in [0, 0.1) is 0 Å². The molecule has 1 unspecified atom stereocenters. The summed E-state index contributed by atoms with van der Waals surface area (Å²) in [5, 5.41) is 9.88. The summed E-state index contributed by atoms with van der Waals surface area (Å²) in [4.78, 5) is 11.4. The van der Waals surface area contributed by atoms with Crippen LogP contribution in [0.25, 0.3) is 0 Å². The number of nitrogens with two attached hydrogens (primary N) is 1. The highest BCUT2D eigenvalue weighted by Crippen LogP contribution is 2.32. The number of benzene rings is 1. The number of aromatic hydroxyl groups is 1. The Hall–Kier alpha value is -1.75. The molecule has 5 heteroatoms. The fourth-order valence-electron chi connectivity index (χ4n) is 1.56. The zero-order valence-electron chi connectivity index (χ0n) is 10.2. The number of hydrogen-bond donors (Lipinski definition) is 2. The lowest BCUT2D eigenvalue weighted by atomic mass is 10.0. The Morgan fingerprint density at radius 3 is 2.59 bits per heavy atom. The predicted molar refractivity (Wildman–Crippen MR) is 63.4 cm³/mol. The average Bonchev–Trinajstić information content (AvgIpc) is 2.30. The maximum atomic E-state index is 11.4. The minimum absolute atomic E-state index is 0.0115. The minimum atomic E-state index is -0.478. The highest BCUT2D eigenvalue weighted by molar-refractivity contribution is 5.90. The second-order valence-electron chi connectivity index (χ2n) is 3.86. The third kappa shape index (κ3) is 3.10. The van der Waals surface area contributed by atoms with E-state index in [0.717, 1.165) is 0 Å². The first-order valence-electron chi connectivity index (χ1n) is 5.23. The van der Waals surface area contributed by atoms with Gasteiger partial charge in [-0.15, -0.1) is 0 Å². The molecular weight excluding hydrogens is 222 g/mol. The maximum Gasteiger partial charge on any atom is 0.337 e. The van der Waals surface area contributed by atoms with E-state index in [2.05, 4.69) is 4.74 Å². The van der Waals surface area contributed by atoms with Crippen molar-refractivity contribution in [1.29, 1.82) is 0 Å². The molecule has 0 saturated carbocycles. The Morgan fingerprint density at radius 1 is 1.47 bits per heavy atom. The average molecular weight is 239 g/mol. The Labute approximate surface area is 100 Å². The molecule has 0 amide bonds. The Balaban J connectivity index is 3.23. The molecule has 0 heterocycles. The van der Waals surface area contributed by atoms with Gasteiger partial charge in [0.15, 0.2) is 11.5 Å². The summed E-state index contributed by atoms with van der Waals surface area (Å²) < 4.78 is 9.63. The van der Waals surface area contributed by atoms with Gasteiger partial charge in [-0.25, -0.2) is 4.79 Å². The van der Waals surface area contributed by atoms with Crippen molar-refractivity contribution < 1.29 is 19.4 Å². The minimum Gasteiger partial charge on any atom is -0.504 e. The Morgan fingerprint density at radius 2 is 2.12 bits per heavy atom. The van der Waals surface area contributed by atoms with Gasteiger partial charge in [0.25, 0.3) is 0 Å². The first-order chi connectivity index (χ1) is 7.99. The van der Waals surface area contributed by atoms with E-state index in [9.17, 15) is 9.90 Å². The van der Waals surface area contributed by atoms with Crippen molar-refractivity contribution >= 4 is 5.97 Å². The van der Waals surface area contributed by atoms with Crippen molar-refractivity contribution in [2.24, 2.45) is 5.73 Å². The van der Waals surface area contributed by atoms with Gasteiger partial charge in [-0.1, -0.05) is 0 Å². The summed E-state index contributed by atoms with van der Waals surface area (Å²) in [6.07, 6.45) is 0.451. The van der Waals surface area contributed by atoms with Crippen molar-refractivity contribution in [2.45, 2.75) is 19.4 Å². The second kappa shape index (κ2) is 5.54. The van der Waals surface area contributed by atoms with Crippen LogP contribution in [0.4, 0.5) is 0 Å². The van der Waals surface area contributed by atoms with E-state index in [-0.39, 0.29) is 17.5 Å². The van der Waals surface area contributed by atoms with Crippen molar-refractivity contribution in [3.05, 3.63) is 23.3 Å². The van der Waals surface area contributed by atoms with E-state index < -0.39 is 5.97 Å². The number of phenols is 1. The van der Waals surface area contributed by atoms with Gasteiger partial charge in [0.1, 0.15) is 0 Å². The molecule has 94 valence electrons. The number of esters is 1. The summed E-state index contributed by atoms with van der Waals surface area (Å²) in [6, 6.07) is 2.87. The fraction of sp³-hybridized carbons (Fsp3) is 0.417. The van der Waals surface area contributed by atoms with Crippen LogP contribution < -0.4 is 10.5 Å². The number of rotatable bonds is 4. The van der Waals surface area contributed by atoms with Gasteiger partial charge in [-0.3, -0.25) is 0 Å². The van der Waals surface area contributed by atoms with Crippen LogP contribution in [0.1, 0.15) is 22.8 Å². The van der Waals surface area contributed by atoms with Crippen LogP contribution in [0.15, 0.2) is 12.1 Å². The molecule has 0 aliphatic heterocycles. The van der Waals surface area contributed by atoms with E-state index in [4.69, 9.17) is 10.5 Å². The van der Waals surface area contributed by atoms with Crippen LogP contribution >= 0.6 is 0 Å². The molecule has 0 radical (unpaired) electrons. The van der Waals surface area contributed by atoms with E-state index in [0.29, 0.717) is 17.5 Å². The molecule has 1 atom stereocenters. The molecular formula is C12H17NO4. The molecule has 0 fully saturated rings. The molecule has 1 aromatic rings. The van der Waals surface area contributed by atoms with Gasteiger partial charge in [-0.2, -0.15) is 0 Å². The molecule has 0 bridgehead atoms. The monoisotopic (exact) mass is 239 g/mol.